The molecule has 1 N–H and O–H groups in total. The van der Waals surface area contributed by atoms with E-state index in [4.69, 9.17) is 5.41 Å². The topological polar surface area (TPSA) is 96.1 Å². The van der Waals surface area contributed by atoms with Gasteiger partial charge in [0.25, 0.3) is 0 Å². The van der Waals surface area contributed by atoms with E-state index >= 15 is 0 Å². The highest BCUT2D eigenvalue weighted by Crippen LogP contribution is 2.20. The van der Waals surface area contributed by atoms with Gasteiger partial charge in [0, 0.05) is 41.1 Å². The Morgan fingerprint density at radius 3 is 2.91 bits per heavy atom. The molecule has 3 atom stereocenters. The monoisotopic (exact) mass is 348 g/mol. The van der Waals surface area contributed by atoms with Crippen molar-refractivity contribution in [3.05, 3.63) is 40.6 Å². The van der Waals surface area contributed by atoms with E-state index in [-0.39, 0.29) is 11.5 Å². The van der Waals surface area contributed by atoms with Gasteiger partial charge in [-0.3, -0.25) is 19.0 Å². The van der Waals surface area contributed by atoms with Crippen LogP contribution in [0.5, 0.6) is 0 Å². The summed E-state index contributed by atoms with van der Waals surface area (Å²) in [6.07, 6.45) is 7.58. The maximum absolute atomic E-state index is 12.1. The fraction of sp³-hybridized carbons (Fsp3) is 0.267. The second kappa shape index (κ2) is 7.98. The summed E-state index contributed by atoms with van der Waals surface area (Å²) in [4.78, 5) is 24.6. The first-order valence-electron chi connectivity index (χ1n) is 6.79. The number of carbonyl (C=O) groups excluding carboxylic acids is 1. The van der Waals surface area contributed by atoms with Crippen LogP contribution in [-0.2, 0) is 10.8 Å². The molecule has 2 heterocycles. The largest absolute Gasteiger partial charge is 0.312 e. The number of thiazole rings is 1. The number of ketones is 1. The molecular weight excluding hydrogens is 332 g/mol. The lowest BCUT2D eigenvalue weighted by Crippen LogP contribution is -2.22. The molecule has 3 unspecified atom stereocenters. The Morgan fingerprint density at radius 1 is 1.52 bits per heavy atom. The van der Waals surface area contributed by atoms with E-state index in [0.29, 0.717) is 10.7 Å². The number of aromatic nitrogens is 2. The molecule has 0 bridgehead atoms. The van der Waals surface area contributed by atoms with Gasteiger partial charge in [0.2, 0.25) is 0 Å². The molecule has 0 saturated heterocycles. The number of nitrogens with one attached hydrogen (secondary N) is 1. The number of aliphatic imine (C=N–C) groups is 1. The van der Waals surface area contributed by atoms with Gasteiger partial charge in [0.1, 0.15) is 10.7 Å². The molecule has 0 radical (unpaired) electrons. The number of nitrogens with zero attached hydrogens (tertiary/aromatic N) is 3. The van der Waals surface area contributed by atoms with Crippen molar-refractivity contribution in [1.82, 2.24) is 9.97 Å². The van der Waals surface area contributed by atoms with Crippen molar-refractivity contribution in [3.63, 3.8) is 0 Å². The van der Waals surface area contributed by atoms with Gasteiger partial charge in [0.05, 0.1) is 23.1 Å². The third-order valence-corrected chi connectivity index (χ3v) is 5.29. The lowest BCUT2D eigenvalue weighted by molar-refractivity contribution is 0.0988. The molecule has 0 fully saturated rings. The maximum atomic E-state index is 12.1. The van der Waals surface area contributed by atoms with E-state index in [1.807, 2.05) is 0 Å². The molecule has 0 aliphatic rings. The van der Waals surface area contributed by atoms with Gasteiger partial charge in [0.15, 0.2) is 5.78 Å². The molecule has 0 saturated carbocycles. The average molecular weight is 348 g/mol. The van der Waals surface area contributed by atoms with Gasteiger partial charge in [-0.15, -0.1) is 11.3 Å². The summed E-state index contributed by atoms with van der Waals surface area (Å²) >= 11 is 1.29. The van der Waals surface area contributed by atoms with Crippen molar-refractivity contribution in [3.8, 4) is 0 Å². The van der Waals surface area contributed by atoms with Crippen molar-refractivity contribution >= 4 is 46.0 Å². The third kappa shape index (κ3) is 4.46. The average Bonchev–Trinajstić information content (AvgIpc) is 3.04. The van der Waals surface area contributed by atoms with E-state index in [9.17, 15) is 9.00 Å². The highest BCUT2D eigenvalue weighted by atomic mass is 32.2. The minimum Gasteiger partial charge on any atom is -0.312 e. The first kappa shape index (κ1) is 17.3. The predicted molar refractivity (Wildman–Crippen MR) is 93.9 cm³/mol. The lowest BCUT2D eigenvalue weighted by atomic mass is 10.2. The molecule has 2 aromatic heterocycles. The standard InChI is InChI=1S/C15H16N4O2S2/c1-10(23(2)21)14(20)13-9-22-15(19-13)11(6-16)7-18-12-4-3-5-17-8-12/h3-11,16H,1-2H3. The Bertz CT molecular complexity index is 743. The zero-order valence-electron chi connectivity index (χ0n) is 12.7. The molecule has 120 valence electrons. The van der Waals surface area contributed by atoms with Crippen LogP contribution in [0.25, 0.3) is 0 Å². The normalized spacial score (nSPS) is 15.2. The van der Waals surface area contributed by atoms with Crippen LogP contribution in [0.3, 0.4) is 0 Å². The van der Waals surface area contributed by atoms with Crippen molar-refractivity contribution in [2.75, 3.05) is 6.26 Å². The minimum absolute atomic E-state index is 0.249. The molecule has 0 aromatic carbocycles. The van der Waals surface area contributed by atoms with Crippen LogP contribution < -0.4 is 0 Å². The minimum atomic E-state index is -1.24. The molecule has 23 heavy (non-hydrogen) atoms. The van der Waals surface area contributed by atoms with Gasteiger partial charge in [-0.2, -0.15) is 0 Å². The van der Waals surface area contributed by atoms with Gasteiger partial charge >= 0.3 is 0 Å². The van der Waals surface area contributed by atoms with Crippen LogP contribution in [0.1, 0.15) is 28.3 Å². The molecule has 0 spiro atoms. The van der Waals surface area contributed by atoms with Gasteiger partial charge < -0.3 is 5.41 Å². The number of carbonyl (C=O) groups is 1. The van der Waals surface area contributed by atoms with Crippen LogP contribution in [0.15, 0.2) is 34.9 Å². The van der Waals surface area contributed by atoms with Crippen molar-refractivity contribution in [1.29, 1.82) is 5.41 Å². The Hall–Kier alpha value is -2.06. The number of hydrogen-bond acceptors (Lipinski definition) is 7. The summed E-state index contributed by atoms with van der Waals surface area (Å²) in [7, 11) is -1.24. The van der Waals surface area contributed by atoms with Crippen LogP contribution in [0.2, 0.25) is 0 Å². The summed E-state index contributed by atoms with van der Waals surface area (Å²) in [6.45, 7) is 1.62. The first-order chi connectivity index (χ1) is 11.0. The highest BCUT2D eigenvalue weighted by molar-refractivity contribution is 7.85. The fourth-order valence-corrected chi connectivity index (χ4v) is 2.95. The van der Waals surface area contributed by atoms with Gasteiger partial charge in [-0.05, 0) is 19.1 Å². The smallest absolute Gasteiger partial charge is 0.197 e. The molecule has 0 aliphatic carbocycles. The summed E-state index contributed by atoms with van der Waals surface area (Å²) < 4.78 is 11.4. The van der Waals surface area contributed by atoms with Crippen molar-refractivity contribution in [2.45, 2.75) is 18.1 Å². The van der Waals surface area contributed by atoms with Gasteiger partial charge in [-0.1, -0.05) is 0 Å². The molecule has 2 aromatic rings. The number of hydrogen-bond donors (Lipinski definition) is 1. The zero-order valence-corrected chi connectivity index (χ0v) is 14.3. The second-order valence-electron chi connectivity index (χ2n) is 4.76. The van der Waals surface area contributed by atoms with E-state index < -0.39 is 22.0 Å². The zero-order chi connectivity index (χ0) is 16.8. The third-order valence-electron chi connectivity index (χ3n) is 3.14. The van der Waals surface area contributed by atoms with Gasteiger partial charge in [-0.25, -0.2) is 4.98 Å². The summed E-state index contributed by atoms with van der Waals surface area (Å²) in [5.41, 5.74) is 0.969. The molecule has 0 amide bonds. The number of pyridine rings is 1. The fourth-order valence-electron chi connectivity index (χ4n) is 1.69. The first-order valence-corrected chi connectivity index (χ1v) is 9.29. The SMILES string of the molecule is CC(C(=O)c1csc(C(C=N)C=Nc2cccnc2)n1)S(C)=O. The Balaban J connectivity index is 2.17. The Kier molecular flexibility index (Phi) is 6.00. The number of Topliss-reactive ketones (excluding diaryl/α,β-unsaturated/α-hetero) is 1. The van der Waals surface area contributed by atoms with Crippen molar-refractivity contribution < 1.29 is 9.00 Å². The quantitative estimate of drug-likeness (QED) is 0.614. The van der Waals surface area contributed by atoms with E-state index in [1.54, 1.807) is 43.0 Å². The maximum Gasteiger partial charge on any atom is 0.197 e. The molecule has 0 aliphatic heterocycles. The van der Waals surface area contributed by atoms with E-state index in [2.05, 4.69) is 15.0 Å². The van der Waals surface area contributed by atoms with Crippen LogP contribution in [0, 0.1) is 5.41 Å². The summed E-state index contributed by atoms with van der Waals surface area (Å²) in [5, 5.41) is 9.18. The summed E-state index contributed by atoms with van der Waals surface area (Å²) in [5.74, 6) is -0.662. The van der Waals surface area contributed by atoms with Crippen LogP contribution in [0.4, 0.5) is 5.69 Å². The number of rotatable bonds is 7. The second-order valence-corrected chi connectivity index (χ2v) is 7.35. The Labute approximate surface area is 140 Å². The Morgan fingerprint density at radius 2 is 2.30 bits per heavy atom. The van der Waals surface area contributed by atoms with E-state index in [0.717, 1.165) is 0 Å². The molecule has 2 rings (SSSR count). The van der Waals surface area contributed by atoms with Crippen LogP contribution >= 0.6 is 11.3 Å². The highest BCUT2D eigenvalue weighted by Gasteiger charge is 2.22. The predicted octanol–water partition coefficient (Wildman–Crippen LogP) is 2.62. The van der Waals surface area contributed by atoms with E-state index in [1.165, 1.54) is 23.8 Å². The molecule has 6 nitrogen and oxygen atoms in total. The molecule has 8 heteroatoms. The lowest BCUT2D eigenvalue weighted by Gasteiger charge is -2.04. The van der Waals surface area contributed by atoms with Crippen molar-refractivity contribution in [2.24, 2.45) is 4.99 Å². The van der Waals surface area contributed by atoms with Crippen LogP contribution in [-0.4, -0.2) is 43.9 Å². The molecular formula is C15H16N4O2S2. The summed E-state index contributed by atoms with van der Waals surface area (Å²) in [6, 6.07) is 3.58.